The highest BCUT2D eigenvalue weighted by Gasteiger charge is 2.47. The maximum absolute atomic E-state index is 13.4. The smallest absolute Gasteiger partial charge is 0.306 e. The van der Waals surface area contributed by atoms with Gasteiger partial charge in [-0.25, -0.2) is 0 Å². The number of aliphatic hydroxyl groups excluding tert-OH is 5. The Morgan fingerprint density at radius 1 is 0.513 bits per heavy atom. The van der Waals surface area contributed by atoms with Crippen molar-refractivity contribution in [2.45, 2.75) is 275 Å². The predicted octanol–water partition coefficient (Wildman–Crippen LogP) is 14.7. The van der Waals surface area contributed by atoms with Gasteiger partial charge in [-0.3, -0.25) is 9.59 Å². The molecule has 0 aromatic rings. The molecular formula is C67H111NO10. The predicted molar refractivity (Wildman–Crippen MR) is 324 cm³/mol. The zero-order valence-electron chi connectivity index (χ0n) is 49.0. The first-order valence-electron chi connectivity index (χ1n) is 30.8. The van der Waals surface area contributed by atoms with E-state index in [9.17, 15) is 35.1 Å². The topological polar surface area (TPSA) is 175 Å². The summed E-state index contributed by atoms with van der Waals surface area (Å²) in [7, 11) is 0. The molecule has 444 valence electrons. The number of carbonyl (C=O) groups is 2. The molecule has 0 bridgehead atoms. The van der Waals surface area contributed by atoms with E-state index < -0.39 is 67.4 Å². The third-order valence-electron chi connectivity index (χ3n) is 13.6. The van der Waals surface area contributed by atoms with E-state index in [1.165, 1.54) is 64.2 Å². The van der Waals surface area contributed by atoms with Crippen molar-refractivity contribution in [2.75, 3.05) is 13.2 Å². The van der Waals surface area contributed by atoms with E-state index in [4.69, 9.17) is 14.2 Å². The average Bonchev–Trinajstić information content (AvgIpc) is 3.44. The van der Waals surface area contributed by atoms with Crippen LogP contribution in [0.15, 0.2) is 122 Å². The number of unbranched alkanes of at least 4 members (excludes halogenated alkanes) is 18. The highest BCUT2D eigenvalue weighted by atomic mass is 16.7. The van der Waals surface area contributed by atoms with Gasteiger partial charge >= 0.3 is 5.97 Å². The molecule has 1 saturated heterocycles. The van der Waals surface area contributed by atoms with Crippen LogP contribution in [0.5, 0.6) is 0 Å². The van der Waals surface area contributed by atoms with Gasteiger partial charge in [-0.05, 0) is 109 Å². The summed E-state index contributed by atoms with van der Waals surface area (Å²) in [6.45, 7) is 5.59. The first kappa shape index (κ1) is 72.1. The minimum Gasteiger partial charge on any atom is -0.454 e. The molecule has 0 aromatic heterocycles. The summed E-state index contributed by atoms with van der Waals surface area (Å²) in [5.74, 6) is -1.28. The standard InChI is InChI=1S/C67H111NO10/c1-4-7-10-13-16-19-22-25-27-29-30-31-33-34-36-39-42-45-48-51-54-60(71)66(75)68-58(59(70)53-50-47-44-41-38-24-21-18-15-12-9-6-3)57-76-67-65(64(74)63(73)61(56-69)77-67)78-62(72)55-52-49-46-43-40-37-35-32-28-26-23-20-17-14-11-8-5-2/h7,10,16-17,19-20,25-28,30-31,34-37,43,46,50,53,58-61,63-65,67,69-71,73-74H,4-6,8-9,11-15,18,21-24,29,32-33,38-42,44-45,47-49,51-52,54-57H2,1-3H3,(H,68,75)/b10-7-,19-16-,20-17-,27-25-,28-26-,31-30-,36-34-,37-35-,46-43-,53-50+. The van der Waals surface area contributed by atoms with Crippen molar-refractivity contribution in [3.8, 4) is 0 Å². The van der Waals surface area contributed by atoms with E-state index in [0.29, 0.717) is 19.3 Å². The number of hydrogen-bond acceptors (Lipinski definition) is 10. The maximum atomic E-state index is 13.4. The van der Waals surface area contributed by atoms with E-state index in [-0.39, 0.29) is 19.4 Å². The van der Waals surface area contributed by atoms with Crippen LogP contribution < -0.4 is 5.32 Å². The molecule has 11 nitrogen and oxygen atoms in total. The Balaban J connectivity index is 2.75. The summed E-state index contributed by atoms with van der Waals surface area (Å²) >= 11 is 0. The molecule has 1 aliphatic heterocycles. The van der Waals surface area contributed by atoms with Crippen LogP contribution in [0.2, 0.25) is 0 Å². The lowest BCUT2D eigenvalue weighted by atomic mass is 9.99. The molecule has 0 radical (unpaired) electrons. The molecule has 1 heterocycles. The van der Waals surface area contributed by atoms with Gasteiger partial charge in [0.15, 0.2) is 12.4 Å². The molecular weight excluding hydrogens is 979 g/mol. The summed E-state index contributed by atoms with van der Waals surface area (Å²) in [5.41, 5.74) is 0. The molecule has 6 N–H and O–H groups in total. The molecule has 8 unspecified atom stereocenters. The lowest BCUT2D eigenvalue weighted by Crippen LogP contribution is -2.61. The van der Waals surface area contributed by atoms with E-state index in [0.717, 1.165) is 109 Å². The van der Waals surface area contributed by atoms with Gasteiger partial charge in [-0.1, -0.05) is 232 Å². The molecule has 8 atom stereocenters. The second kappa shape index (κ2) is 53.7. The van der Waals surface area contributed by atoms with Crippen LogP contribution in [-0.4, -0.2) is 99.6 Å². The van der Waals surface area contributed by atoms with Gasteiger partial charge in [0.2, 0.25) is 5.91 Å². The monoisotopic (exact) mass is 1090 g/mol. The number of rotatable bonds is 50. The van der Waals surface area contributed by atoms with Crippen molar-refractivity contribution >= 4 is 11.9 Å². The number of aliphatic hydroxyl groups is 5. The van der Waals surface area contributed by atoms with Gasteiger partial charge < -0.3 is 45.1 Å². The summed E-state index contributed by atoms with van der Waals surface area (Å²) in [4.78, 5) is 26.5. The van der Waals surface area contributed by atoms with Gasteiger partial charge in [0.05, 0.1) is 25.4 Å². The molecule has 1 fully saturated rings. The Morgan fingerprint density at radius 3 is 1.41 bits per heavy atom. The second-order valence-electron chi connectivity index (χ2n) is 20.7. The molecule has 1 aliphatic rings. The normalized spacial score (nSPS) is 19.8. The van der Waals surface area contributed by atoms with Gasteiger partial charge in [0.1, 0.15) is 24.4 Å². The molecule has 1 amide bonds. The van der Waals surface area contributed by atoms with Gasteiger partial charge in [-0.2, -0.15) is 0 Å². The summed E-state index contributed by atoms with van der Waals surface area (Å²) < 4.78 is 17.5. The van der Waals surface area contributed by atoms with Crippen LogP contribution >= 0.6 is 0 Å². The highest BCUT2D eigenvalue weighted by Crippen LogP contribution is 2.26. The van der Waals surface area contributed by atoms with Gasteiger partial charge in [0.25, 0.3) is 0 Å². The highest BCUT2D eigenvalue weighted by molar-refractivity contribution is 5.80. The number of esters is 1. The fraction of sp³-hybridized carbons (Fsp3) is 0.672. The summed E-state index contributed by atoms with van der Waals surface area (Å²) in [6.07, 6.45) is 63.8. The number of amides is 1. The van der Waals surface area contributed by atoms with E-state index in [1.54, 1.807) is 6.08 Å². The van der Waals surface area contributed by atoms with Crippen LogP contribution in [0, 0.1) is 0 Å². The first-order valence-corrected chi connectivity index (χ1v) is 30.8. The van der Waals surface area contributed by atoms with Crippen molar-refractivity contribution in [1.82, 2.24) is 5.32 Å². The third-order valence-corrected chi connectivity index (χ3v) is 13.6. The van der Waals surface area contributed by atoms with Crippen molar-refractivity contribution in [1.29, 1.82) is 0 Å². The molecule has 0 aliphatic carbocycles. The lowest BCUT2D eigenvalue weighted by Gasteiger charge is -2.41. The lowest BCUT2D eigenvalue weighted by molar-refractivity contribution is -0.305. The first-order chi connectivity index (χ1) is 38.2. The average molecular weight is 1090 g/mol. The van der Waals surface area contributed by atoms with Crippen molar-refractivity contribution < 1.29 is 49.3 Å². The van der Waals surface area contributed by atoms with Crippen LogP contribution in [0.3, 0.4) is 0 Å². The molecule has 1 rings (SSSR count). The van der Waals surface area contributed by atoms with Crippen LogP contribution in [0.25, 0.3) is 0 Å². The fourth-order valence-electron chi connectivity index (χ4n) is 8.73. The van der Waals surface area contributed by atoms with Crippen LogP contribution in [-0.2, 0) is 23.8 Å². The quantitative estimate of drug-likeness (QED) is 0.0195. The van der Waals surface area contributed by atoms with Crippen LogP contribution in [0.1, 0.15) is 226 Å². The second-order valence-corrected chi connectivity index (χ2v) is 20.7. The number of nitrogens with one attached hydrogen (secondary N) is 1. The molecule has 0 saturated carbocycles. The zero-order valence-corrected chi connectivity index (χ0v) is 49.0. The number of carbonyl (C=O) groups excluding carboxylic acids is 2. The molecule has 78 heavy (non-hydrogen) atoms. The van der Waals surface area contributed by atoms with E-state index in [2.05, 4.69) is 123 Å². The van der Waals surface area contributed by atoms with E-state index in [1.807, 2.05) is 18.2 Å². The maximum Gasteiger partial charge on any atom is 0.306 e. The number of hydrogen-bond donors (Lipinski definition) is 6. The Hall–Kier alpha value is -3.94. The van der Waals surface area contributed by atoms with Gasteiger partial charge in [-0.15, -0.1) is 0 Å². The fourth-order valence-corrected chi connectivity index (χ4v) is 8.73. The van der Waals surface area contributed by atoms with Crippen molar-refractivity contribution in [3.05, 3.63) is 122 Å². The summed E-state index contributed by atoms with van der Waals surface area (Å²) in [6, 6.07) is -1.05. The Bertz CT molecular complexity index is 1730. The molecule has 11 heteroatoms. The van der Waals surface area contributed by atoms with Gasteiger partial charge in [0, 0.05) is 6.42 Å². The van der Waals surface area contributed by atoms with Crippen LogP contribution in [0.4, 0.5) is 0 Å². The minimum absolute atomic E-state index is 0.0386. The Morgan fingerprint density at radius 2 is 0.923 bits per heavy atom. The van der Waals surface area contributed by atoms with Crippen molar-refractivity contribution in [2.24, 2.45) is 0 Å². The molecule has 0 aromatic carbocycles. The largest absolute Gasteiger partial charge is 0.454 e. The van der Waals surface area contributed by atoms with E-state index >= 15 is 0 Å². The zero-order chi connectivity index (χ0) is 56.8. The Kier molecular flexibility index (Phi) is 49.6. The molecule has 0 spiro atoms. The Labute approximate surface area is 474 Å². The number of ether oxygens (including phenoxy) is 3. The minimum atomic E-state index is -1.65. The summed E-state index contributed by atoms with van der Waals surface area (Å²) in [5, 5.41) is 56.9. The third kappa shape index (κ3) is 41.1. The SMILES string of the molecule is CC/C=C\C/C=C\C/C=C\C/C=C\C/C=C\CCCCCCC(O)C(=O)NC(COC1OC(CO)C(O)C(O)C1OC(=O)CCC/C=C\C/C=C\C/C=C\C/C=C\CCCCC)C(O)/C=C/CCCCCCCCCCCC. The number of allylic oxidation sites excluding steroid dienone is 19. The van der Waals surface area contributed by atoms with Crippen molar-refractivity contribution in [3.63, 3.8) is 0 Å².